The van der Waals surface area contributed by atoms with Crippen molar-refractivity contribution < 1.29 is 16.8 Å². The van der Waals surface area contributed by atoms with Crippen LogP contribution in [0.4, 0.5) is 0 Å². The van der Waals surface area contributed by atoms with Gasteiger partial charge in [0.25, 0.3) is 0 Å². The summed E-state index contributed by atoms with van der Waals surface area (Å²) < 4.78 is 47.4. The van der Waals surface area contributed by atoms with Crippen LogP contribution in [-0.4, -0.2) is 58.5 Å². The van der Waals surface area contributed by atoms with Gasteiger partial charge in [0, 0.05) is 19.3 Å². The largest absolute Gasteiger partial charge is 0.330 e. The van der Waals surface area contributed by atoms with Crippen molar-refractivity contribution in [3.05, 3.63) is 0 Å². The predicted molar refractivity (Wildman–Crippen MR) is 73.6 cm³/mol. The van der Waals surface area contributed by atoms with Gasteiger partial charge in [0.1, 0.15) is 9.84 Å². The molecule has 0 aromatic rings. The SMILES string of the molecule is CCN(CC(C)(C)CN)S(=O)(=O)CCS(C)(=O)=O. The lowest BCUT2D eigenvalue weighted by Gasteiger charge is -2.30. The molecule has 0 aromatic carbocycles. The molecule has 0 heterocycles. The lowest BCUT2D eigenvalue weighted by molar-refractivity contribution is 0.273. The van der Waals surface area contributed by atoms with E-state index in [0.29, 0.717) is 19.6 Å². The zero-order valence-electron chi connectivity index (χ0n) is 11.5. The molecule has 0 atom stereocenters. The first kappa shape index (κ1) is 17.8. The molecule has 0 aliphatic rings. The minimum absolute atomic E-state index is 0.298. The molecule has 0 aromatic heterocycles. The quantitative estimate of drug-likeness (QED) is 0.662. The van der Waals surface area contributed by atoms with E-state index >= 15 is 0 Å². The Morgan fingerprint density at radius 2 is 1.61 bits per heavy atom. The van der Waals surface area contributed by atoms with Crippen LogP contribution in [0, 0.1) is 5.41 Å². The number of sulfone groups is 1. The normalized spacial score (nSPS) is 14.1. The first-order chi connectivity index (χ1) is 7.93. The van der Waals surface area contributed by atoms with Crippen molar-refractivity contribution in [1.29, 1.82) is 0 Å². The molecule has 6 nitrogen and oxygen atoms in total. The minimum atomic E-state index is -3.55. The molecule has 0 fully saturated rings. The van der Waals surface area contributed by atoms with Crippen LogP contribution >= 0.6 is 0 Å². The van der Waals surface area contributed by atoms with Crippen LogP contribution in [0.1, 0.15) is 20.8 Å². The van der Waals surface area contributed by atoms with Crippen LogP contribution in [0.2, 0.25) is 0 Å². The van der Waals surface area contributed by atoms with Crippen molar-refractivity contribution in [2.24, 2.45) is 11.1 Å². The number of rotatable bonds is 8. The molecule has 0 rings (SSSR count). The van der Waals surface area contributed by atoms with E-state index in [0.717, 1.165) is 6.26 Å². The lowest BCUT2D eigenvalue weighted by atomic mass is 9.94. The maximum atomic E-state index is 12.0. The van der Waals surface area contributed by atoms with Gasteiger partial charge in [-0.2, -0.15) is 0 Å². The highest BCUT2D eigenvalue weighted by Crippen LogP contribution is 2.17. The molecule has 0 saturated carbocycles. The van der Waals surface area contributed by atoms with E-state index in [9.17, 15) is 16.8 Å². The van der Waals surface area contributed by atoms with Gasteiger partial charge in [-0.1, -0.05) is 20.8 Å². The van der Waals surface area contributed by atoms with Crippen molar-refractivity contribution in [2.75, 3.05) is 37.4 Å². The topological polar surface area (TPSA) is 97.5 Å². The molecule has 0 saturated heterocycles. The van der Waals surface area contributed by atoms with Gasteiger partial charge < -0.3 is 5.73 Å². The summed E-state index contributed by atoms with van der Waals surface area (Å²) in [5.41, 5.74) is 5.25. The highest BCUT2D eigenvalue weighted by Gasteiger charge is 2.28. The fourth-order valence-corrected chi connectivity index (χ4v) is 4.59. The highest BCUT2D eigenvalue weighted by molar-refractivity contribution is 7.93. The number of nitrogens with two attached hydrogens (primary N) is 1. The van der Waals surface area contributed by atoms with Crippen LogP contribution in [-0.2, 0) is 19.9 Å². The monoisotopic (exact) mass is 300 g/mol. The summed E-state index contributed by atoms with van der Waals surface area (Å²) >= 11 is 0. The Morgan fingerprint density at radius 1 is 1.11 bits per heavy atom. The zero-order valence-corrected chi connectivity index (χ0v) is 13.1. The van der Waals surface area contributed by atoms with Gasteiger partial charge in [-0.3, -0.25) is 0 Å². The van der Waals surface area contributed by atoms with E-state index < -0.39 is 19.9 Å². The molecule has 0 radical (unpaired) electrons. The Bertz CT molecular complexity index is 454. The van der Waals surface area contributed by atoms with Crippen molar-refractivity contribution in [3.63, 3.8) is 0 Å². The Balaban J connectivity index is 4.84. The predicted octanol–water partition coefficient (Wildman–Crippen LogP) is -0.332. The van der Waals surface area contributed by atoms with Gasteiger partial charge in [0.05, 0.1) is 11.5 Å². The summed E-state index contributed by atoms with van der Waals surface area (Å²) in [4.78, 5) is 0. The summed E-state index contributed by atoms with van der Waals surface area (Å²) in [7, 11) is -6.83. The highest BCUT2D eigenvalue weighted by atomic mass is 32.2. The number of hydrogen-bond donors (Lipinski definition) is 1. The van der Waals surface area contributed by atoms with Crippen LogP contribution < -0.4 is 5.73 Å². The fraction of sp³-hybridized carbons (Fsp3) is 1.00. The second kappa shape index (κ2) is 6.31. The molecule has 18 heavy (non-hydrogen) atoms. The van der Waals surface area contributed by atoms with E-state index in [1.165, 1.54) is 4.31 Å². The number of nitrogens with zero attached hydrogens (tertiary/aromatic N) is 1. The average molecular weight is 300 g/mol. The molecule has 0 aliphatic carbocycles. The second-order valence-corrected chi connectivity index (χ2v) is 9.59. The Morgan fingerprint density at radius 3 is 1.94 bits per heavy atom. The van der Waals surface area contributed by atoms with E-state index in [-0.39, 0.29) is 16.9 Å². The third-order valence-corrected chi connectivity index (χ3v) is 5.71. The summed E-state index contributed by atoms with van der Waals surface area (Å²) in [5, 5.41) is 0. The van der Waals surface area contributed by atoms with Gasteiger partial charge in [-0.15, -0.1) is 0 Å². The van der Waals surface area contributed by atoms with Gasteiger partial charge >= 0.3 is 0 Å². The molecular weight excluding hydrogens is 276 g/mol. The molecule has 0 amide bonds. The number of hydrogen-bond acceptors (Lipinski definition) is 5. The first-order valence-corrected chi connectivity index (χ1v) is 9.46. The van der Waals surface area contributed by atoms with Crippen molar-refractivity contribution in [3.8, 4) is 0 Å². The van der Waals surface area contributed by atoms with Crippen molar-refractivity contribution >= 4 is 19.9 Å². The molecule has 0 spiro atoms. The first-order valence-electron chi connectivity index (χ1n) is 5.79. The maximum Gasteiger partial charge on any atom is 0.215 e. The van der Waals surface area contributed by atoms with E-state index in [4.69, 9.17) is 5.73 Å². The molecule has 2 N–H and O–H groups in total. The zero-order chi connectivity index (χ0) is 14.6. The fourth-order valence-electron chi connectivity index (χ4n) is 1.33. The van der Waals surface area contributed by atoms with Gasteiger partial charge in [0.2, 0.25) is 10.0 Å². The standard InChI is InChI=1S/C10H24N2O4S2/c1-5-12(9-10(2,3)8-11)18(15,16)7-6-17(4,13)14/h5-9,11H2,1-4H3. The molecule has 0 aliphatic heterocycles. The van der Waals surface area contributed by atoms with Crippen LogP contribution in [0.25, 0.3) is 0 Å². The number of sulfonamides is 1. The van der Waals surface area contributed by atoms with Crippen molar-refractivity contribution in [2.45, 2.75) is 20.8 Å². The summed E-state index contributed by atoms with van der Waals surface area (Å²) in [5.74, 6) is -0.727. The van der Waals surface area contributed by atoms with E-state index in [1.54, 1.807) is 6.92 Å². The second-order valence-electron chi connectivity index (χ2n) is 5.24. The Kier molecular flexibility index (Phi) is 6.25. The Hall–Kier alpha value is -0.180. The molecule has 0 bridgehead atoms. The van der Waals surface area contributed by atoms with Gasteiger partial charge in [0.15, 0.2) is 0 Å². The summed E-state index contributed by atoms with van der Waals surface area (Å²) in [6, 6.07) is 0. The van der Waals surface area contributed by atoms with Gasteiger partial charge in [-0.05, 0) is 12.0 Å². The average Bonchev–Trinajstić information content (AvgIpc) is 2.22. The van der Waals surface area contributed by atoms with Gasteiger partial charge in [-0.25, -0.2) is 21.1 Å². The molecular formula is C10H24N2O4S2. The molecule has 0 unspecified atom stereocenters. The molecule has 110 valence electrons. The van der Waals surface area contributed by atoms with E-state index in [1.807, 2.05) is 13.8 Å². The smallest absolute Gasteiger partial charge is 0.215 e. The summed E-state index contributed by atoms with van der Waals surface area (Å²) in [6.07, 6.45) is 1.03. The van der Waals surface area contributed by atoms with Crippen LogP contribution in [0.15, 0.2) is 0 Å². The third-order valence-electron chi connectivity index (χ3n) is 2.62. The maximum absolute atomic E-state index is 12.0. The molecule has 8 heteroatoms. The minimum Gasteiger partial charge on any atom is -0.330 e. The van der Waals surface area contributed by atoms with Crippen LogP contribution in [0.3, 0.4) is 0 Å². The van der Waals surface area contributed by atoms with E-state index in [2.05, 4.69) is 0 Å². The lowest BCUT2D eigenvalue weighted by Crippen LogP contribution is -2.43. The third kappa shape index (κ3) is 6.67. The van der Waals surface area contributed by atoms with Crippen LogP contribution in [0.5, 0.6) is 0 Å². The van der Waals surface area contributed by atoms with Crippen molar-refractivity contribution in [1.82, 2.24) is 4.31 Å². The summed E-state index contributed by atoms with van der Waals surface area (Å²) in [6.45, 7) is 6.46. The Labute approximate surface area is 111 Å².